The minimum atomic E-state index is -1.24. The number of aryl methyl sites for hydroxylation is 1. The van der Waals surface area contributed by atoms with Crippen molar-refractivity contribution in [1.82, 2.24) is 19.9 Å². The quantitative estimate of drug-likeness (QED) is 0.204. The fourth-order valence-corrected chi connectivity index (χ4v) is 5.53. The second kappa shape index (κ2) is 13.7. The zero-order chi connectivity index (χ0) is 34.8. The van der Waals surface area contributed by atoms with Gasteiger partial charge in [0.25, 0.3) is 0 Å². The molecule has 1 aliphatic heterocycles. The van der Waals surface area contributed by atoms with Crippen molar-refractivity contribution in [2.75, 3.05) is 23.7 Å². The van der Waals surface area contributed by atoms with Crippen LogP contribution >= 0.6 is 0 Å². The highest BCUT2D eigenvalue weighted by atomic mass is 19.1. The molecule has 0 saturated carbocycles. The lowest BCUT2D eigenvalue weighted by Crippen LogP contribution is -2.51. The number of aromatic nitrogens is 3. The van der Waals surface area contributed by atoms with Crippen LogP contribution in [0.25, 0.3) is 22.0 Å². The number of anilines is 2. The number of nitrogens with zero attached hydrogens (tertiary/aromatic N) is 4. The van der Waals surface area contributed by atoms with Crippen molar-refractivity contribution in [3.05, 3.63) is 66.2 Å². The fourth-order valence-electron chi connectivity index (χ4n) is 5.53. The van der Waals surface area contributed by atoms with E-state index in [2.05, 4.69) is 25.6 Å². The molecule has 0 spiro atoms. The maximum absolute atomic E-state index is 15.1. The van der Waals surface area contributed by atoms with Crippen molar-refractivity contribution in [1.29, 1.82) is 0 Å². The number of carbonyl (C=O) groups excluding carboxylic acids is 2. The van der Waals surface area contributed by atoms with Crippen molar-refractivity contribution in [3.63, 3.8) is 0 Å². The number of ether oxygens (including phenoxy) is 2. The van der Waals surface area contributed by atoms with Crippen LogP contribution in [0.1, 0.15) is 59.9 Å². The molecule has 2 unspecified atom stereocenters. The zero-order valence-electron chi connectivity index (χ0n) is 28.4. The summed E-state index contributed by atoms with van der Waals surface area (Å²) in [6.07, 6.45) is 1.74. The van der Waals surface area contributed by atoms with Crippen molar-refractivity contribution < 1.29 is 27.8 Å². The first-order chi connectivity index (χ1) is 22.6. The number of hydrogen-bond donors (Lipinski definition) is 2. The molecular formula is C36H42F2N6O4. The molecule has 3 heterocycles. The van der Waals surface area contributed by atoms with Crippen LogP contribution in [0.4, 0.5) is 25.2 Å². The van der Waals surface area contributed by atoms with Crippen LogP contribution in [0.15, 0.2) is 54.9 Å². The van der Waals surface area contributed by atoms with E-state index in [1.54, 1.807) is 69.6 Å². The lowest BCUT2D eigenvalue weighted by molar-refractivity contribution is -0.117. The highest BCUT2D eigenvalue weighted by Crippen LogP contribution is 2.39. The summed E-state index contributed by atoms with van der Waals surface area (Å²) in [6, 6.07) is 11.3. The van der Waals surface area contributed by atoms with Crippen LogP contribution in [-0.4, -0.2) is 62.8 Å². The van der Waals surface area contributed by atoms with Crippen molar-refractivity contribution in [2.24, 2.45) is 5.41 Å². The smallest absolute Gasteiger partial charge is 0.410 e. The zero-order valence-corrected chi connectivity index (χ0v) is 28.4. The Morgan fingerprint density at radius 2 is 1.73 bits per heavy atom. The predicted molar refractivity (Wildman–Crippen MR) is 181 cm³/mol. The fraction of sp³-hybridized carbons (Fsp3) is 0.417. The van der Waals surface area contributed by atoms with Gasteiger partial charge in [0.05, 0.1) is 23.5 Å². The summed E-state index contributed by atoms with van der Waals surface area (Å²) in [5.41, 5.74) is 0.941. The first-order valence-corrected chi connectivity index (χ1v) is 15.9. The molecule has 2 aromatic carbocycles. The Labute approximate surface area is 279 Å². The minimum Gasteiger partial charge on any atom is -0.444 e. The molecule has 0 bridgehead atoms. The number of fused-ring (bicyclic) bond motifs is 1. The van der Waals surface area contributed by atoms with Crippen molar-refractivity contribution >= 4 is 34.4 Å². The van der Waals surface area contributed by atoms with Crippen LogP contribution < -0.4 is 15.4 Å². The van der Waals surface area contributed by atoms with Gasteiger partial charge in [0.15, 0.2) is 0 Å². The summed E-state index contributed by atoms with van der Waals surface area (Å²) in [6.45, 7) is 13.2. The van der Waals surface area contributed by atoms with Crippen molar-refractivity contribution in [2.45, 2.75) is 79.1 Å². The standard InChI is InChI=1S/C36H42F2N6O4/c1-21-10-11-24-25(12-13-27(38)30(24)43-29(45)18-35(2,3)4)31(21)47-32-26(9-8-15-39-32)28-14-16-40-33(42-28)41-23-17-22(37)19-44(20-23)34(46)48-36(5,6)7/h8-16,22-23H,17-20H2,1-7H3,(H,43,45)(H,40,41,42). The second-order valence-electron chi connectivity index (χ2n) is 14.3. The van der Waals surface area contributed by atoms with E-state index in [9.17, 15) is 14.0 Å². The van der Waals surface area contributed by atoms with Gasteiger partial charge in [0, 0.05) is 48.6 Å². The average Bonchev–Trinajstić information content (AvgIpc) is 2.98. The number of alkyl halides is 1. The molecule has 1 fully saturated rings. The lowest BCUT2D eigenvalue weighted by Gasteiger charge is -2.36. The molecule has 2 atom stereocenters. The van der Waals surface area contributed by atoms with Crippen LogP contribution in [0, 0.1) is 18.2 Å². The van der Waals surface area contributed by atoms with Gasteiger partial charge in [-0.1, -0.05) is 32.9 Å². The molecule has 48 heavy (non-hydrogen) atoms. The average molecular weight is 661 g/mol. The third-order valence-electron chi connectivity index (χ3n) is 7.54. The number of pyridine rings is 1. The number of nitrogens with one attached hydrogen (secondary N) is 2. The number of piperidine rings is 1. The molecular weight excluding hydrogens is 618 g/mol. The Kier molecular flexibility index (Phi) is 9.84. The highest BCUT2D eigenvalue weighted by molar-refractivity contribution is 6.05. The molecule has 4 aromatic rings. The number of amides is 2. The van der Waals surface area contributed by atoms with Gasteiger partial charge in [0.2, 0.25) is 17.7 Å². The van der Waals surface area contributed by atoms with E-state index in [4.69, 9.17) is 9.47 Å². The Morgan fingerprint density at radius 1 is 0.979 bits per heavy atom. The molecule has 5 rings (SSSR count). The number of likely N-dealkylation sites (tertiary alicyclic amines) is 1. The number of halogens is 2. The largest absolute Gasteiger partial charge is 0.444 e. The molecule has 1 saturated heterocycles. The Hall–Kier alpha value is -4.87. The van der Waals surface area contributed by atoms with Gasteiger partial charge in [-0.25, -0.2) is 28.5 Å². The SMILES string of the molecule is Cc1ccc2c(NC(=O)CC(C)(C)C)c(F)ccc2c1Oc1ncccc1-c1ccnc(NC2CC(F)CN(C(=O)OC(C)(C)C)C2)n1. The summed E-state index contributed by atoms with van der Waals surface area (Å²) in [7, 11) is 0. The molecule has 2 amide bonds. The molecule has 0 aliphatic carbocycles. The van der Waals surface area contributed by atoms with Gasteiger partial charge in [-0.05, 0) is 69.0 Å². The van der Waals surface area contributed by atoms with Crippen molar-refractivity contribution in [3.8, 4) is 22.9 Å². The number of carbonyl (C=O) groups is 2. The Bertz CT molecular complexity index is 1820. The van der Waals surface area contributed by atoms with Crippen LogP contribution in [0.3, 0.4) is 0 Å². The molecule has 10 nitrogen and oxygen atoms in total. The lowest BCUT2D eigenvalue weighted by atomic mass is 9.92. The van der Waals surface area contributed by atoms with Crippen LogP contribution in [0.2, 0.25) is 0 Å². The maximum Gasteiger partial charge on any atom is 0.410 e. The molecule has 2 aromatic heterocycles. The minimum absolute atomic E-state index is 0.0462. The van der Waals surface area contributed by atoms with Gasteiger partial charge in [0.1, 0.15) is 23.3 Å². The number of rotatable bonds is 7. The van der Waals surface area contributed by atoms with Gasteiger partial charge in [-0.2, -0.15) is 0 Å². The van der Waals surface area contributed by atoms with E-state index < -0.39 is 29.7 Å². The van der Waals surface area contributed by atoms with E-state index in [1.807, 2.05) is 27.7 Å². The van der Waals surface area contributed by atoms with E-state index in [0.717, 1.165) is 5.56 Å². The monoisotopic (exact) mass is 660 g/mol. The summed E-state index contributed by atoms with van der Waals surface area (Å²) >= 11 is 0. The summed E-state index contributed by atoms with van der Waals surface area (Å²) in [4.78, 5) is 40.2. The van der Waals surface area contributed by atoms with E-state index >= 15 is 4.39 Å². The molecule has 0 radical (unpaired) electrons. The van der Waals surface area contributed by atoms with Crippen LogP contribution in [-0.2, 0) is 9.53 Å². The Balaban J connectivity index is 1.41. The maximum atomic E-state index is 15.1. The molecule has 2 N–H and O–H groups in total. The number of benzene rings is 2. The van der Waals surface area contributed by atoms with Gasteiger partial charge in [-0.3, -0.25) is 4.79 Å². The summed E-state index contributed by atoms with van der Waals surface area (Å²) in [5.74, 6) is 0.107. The van der Waals surface area contributed by atoms with Gasteiger partial charge < -0.3 is 25.0 Å². The summed E-state index contributed by atoms with van der Waals surface area (Å²) in [5, 5.41) is 7.01. The first kappa shape index (κ1) is 34.5. The normalized spacial score (nSPS) is 16.8. The molecule has 12 heteroatoms. The first-order valence-electron chi connectivity index (χ1n) is 15.9. The van der Waals surface area contributed by atoms with E-state index in [0.29, 0.717) is 27.8 Å². The van der Waals surface area contributed by atoms with Crippen LogP contribution in [0.5, 0.6) is 11.6 Å². The molecule has 1 aliphatic rings. The van der Waals surface area contributed by atoms with E-state index in [-0.39, 0.29) is 54.8 Å². The number of hydrogen-bond acceptors (Lipinski definition) is 8. The second-order valence-corrected chi connectivity index (χ2v) is 14.3. The highest BCUT2D eigenvalue weighted by Gasteiger charge is 2.33. The Morgan fingerprint density at radius 3 is 2.46 bits per heavy atom. The topological polar surface area (TPSA) is 119 Å². The van der Waals surface area contributed by atoms with E-state index in [1.165, 1.54) is 11.0 Å². The predicted octanol–water partition coefficient (Wildman–Crippen LogP) is 8.07. The van der Waals surface area contributed by atoms with Gasteiger partial charge in [-0.15, -0.1) is 0 Å². The molecule has 254 valence electrons. The third kappa shape index (κ3) is 8.53. The third-order valence-corrected chi connectivity index (χ3v) is 7.54. The van der Waals surface area contributed by atoms with Gasteiger partial charge >= 0.3 is 6.09 Å². The summed E-state index contributed by atoms with van der Waals surface area (Å²) < 4.78 is 41.7.